The number of hydrogen-bond donors (Lipinski definition) is 1. The molecule has 1 saturated heterocycles. The minimum Gasteiger partial charge on any atom is -0.379 e. The van der Waals surface area contributed by atoms with Crippen LogP contribution in [-0.4, -0.2) is 43.7 Å². The number of hydrogen-bond acceptors (Lipinski definition) is 3. The van der Waals surface area contributed by atoms with Gasteiger partial charge in [0.2, 0.25) is 0 Å². The van der Waals surface area contributed by atoms with E-state index < -0.39 is 0 Å². The first kappa shape index (κ1) is 16.2. The number of allylic oxidation sites excluding steroid dienone is 1. The second kappa shape index (κ2) is 8.27. The van der Waals surface area contributed by atoms with Crippen LogP contribution >= 0.6 is 0 Å². The number of nitrogens with one attached hydrogen (secondary N) is 1. The second-order valence-electron chi connectivity index (χ2n) is 6.38. The molecule has 2 aliphatic rings. The number of benzene rings is 1. The molecule has 3 rings (SSSR count). The van der Waals surface area contributed by atoms with Gasteiger partial charge in [-0.15, -0.1) is 0 Å². The number of rotatable bonds is 5. The first-order valence-electron chi connectivity index (χ1n) is 8.66. The molecular weight excluding hydrogens is 288 g/mol. The molecular formula is C19H26N2O2. The molecule has 1 aliphatic carbocycles. The van der Waals surface area contributed by atoms with Gasteiger partial charge >= 0.3 is 0 Å². The largest absolute Gasteiger partial charge is 0.379 e. The van der Waals surface area contributed by atoms with E-state index in [-0.39, 0.29) is 5.91 Å². The molecule has 1 aromatic carbocycles. The van der Waals surface area contributed by atoms with Crippen molar-refractivity contribution in [2.45, 2.75) is 32.2 Å². The Morgan fingerprint density at radius 3 is 2.61 bits per heavy atom. The predicted octanol–water partition coefficient (Wildman–Crippen LogP) is 2.75. The van der Waals surface area contributed by atoms with Crippen molar-refractivity contribution >= 4 is 5.91 Å². The number of morpholine rings is 1. The van der Waals surface area contributed by atoms with Crippen molar-refractivity contribution in [2.24, 2.45) is 0 Å². The molecule has 1 aliphatic heterocycles. The standard InChI is InChI=1S/C19H26N2O2/c22-19(20-14-16-4-2-1-3-5-16)18-8-6-17(7-9-18)15-21-10-12-23-13-11-21/h4,6-9H,1-3,5,10-15H2,(H,20,22). The summed E-state index contributed by atoms with van der Waals surface area (Å²) in [4.78, 5) is 14.6. The first-order chi connectivity index (χ1) is 11.3. The summed E-state index contributed by atoms with van der Waals surface area (Å²) in [5, 5.41) is 3.04. The Labute approximate surface area is 138 Å². The van der Waals surface area contributed by atoms with Crippen LogP contribution in [0.15, 0.2) is 35.9 Å². The van der Waals surface area contributed by atoms with Gasteiger partial charge in [-0.3, -0.25) is 9.69 Å². The van der Waals surface area contributed by atoms with Crippen molar-refractivity contribution < 1.29 is 9.53 Å². The van der Waals surface area contributed by atoms with Crippen LogP contribution in [0.2, 0.25) is 0 Å². The number of nitrogens with zero attached hydrogens (tertiary/aromatic N) is 1. The lowest BCUT2D eigenvalue weighted by atomic mass is 9.99. The van der Waals surface area contributed by atoms with E-state index in [4.69, 9.17) is 4.74 Å². The highest BCUT2D eigenvalue weighted by Gasteiger charge is 2.12. The highest BCUT2D eigenvalue weighted by molar-refractivity contribution is 5.94. The zero-order valence-corrected chi connectivity index (χ0v) is 13.7. The minimum atomic E-state index is 0.0226. The number of amides is 1. The smallest absolute Gasteiger partial charge is 0.251 e. The highest BCUT2D eigenvalue weighted by atomic mass is 16.5. The fraction of sp³-hybridized carbons (Fsp3) is 0.526. The van der Waals surface area contributed by atoms with E-state index in [2.05, 4.69) is 28.4 Å². The molecule has 4 heteroatoms. The zero-order valence-electron chi connectivity index (χ0n) is 13.7. The Morgan fingerprint density at radius 1 is 1.13 bits per heavy atom. The van der Waals surface area contributed by atoms with Crippen LogP contribution in [0, 0.1) is 0 Å². The molecule has 1 fully saturated rings. The summed E-state index contributed by atoms with van der Waals surface area (Å²) in [5.41, 5.74) is 3.36. The molecule has 23 heavy (non-hydrogen) atoms. The number of carbonyl (C=O) groups excluding carboxylic acids is 1. The first-order valence-corrected chi connectivity index (χ1v) is 8.66. The topological polar surface area (TPSA) is 41.6 Å². The van der Waals surface area contributed by atoms with Gasteiger partial charge < -0.3 is 10.1 Å². The number of ether oxygens (including phenoxy) is 1. The molecule has 0 spiro atoms. The molecule has 124 valence electrons. The third-order valence-corrected chi connectivity index (χ3v) is 4.59. The van der Waals surface area contributed by atoms with Gasteiger partial charge in [-0.05, 0) is 43.4 Å². The normalized spacial score (nSPS) is 19.2. The highest BCUT2D eigenvalue weighted by Crippen LogP contribution is 2.16. The Bertz CT molecular complexity index is 545. The van der Waals surface area contributed by atoms with E-state index in [0.717, 1.165) is 51.3 Å². The van der Waals surface area contributed by atoms with Gasteiger partial charge in [-0.1, -0.05) is 23.8 Å². The van der Waals surface area contributed by atoms with Crippen LogP contribution in [0.3, 0.4) is 0 Å². The van der Waals surface area contributed by atoms with Gasteiger partial charge in [0.25, 0.3) is 5.91 Å². The van der Waals surface area contributed by atoms with Crippen molar-refractivity contribution in [3.05, 3.63) is 47.0 Å². The summed E-state index contributed by atoms with van der Waals surface area (Å²) in [6.07, 6.45) is 7.08. The van der Waals surface area contributed by atoms with Gasteiger partial charge in [0.1, 0.15) is 0 Å². The summed E-state index contributed by atoms with van der Waals surface area (Å²) in [6, 6.07) is 7.98. The molecule has 0 unspecified atom stereocenters. The van der Waals surface area contributed by atoms with Gasteiger partial charge in [0.05, 0.1) is 13.2 Å². The summed E-state index contributed by atoms with van der Waals surface area (Å²) >= 11 is 0. The molecule has 1 heterocycles. The molecule has 1 aromatic rings. The van der Waals surface area contributed by atoms with Crippen molar-refractivity contribution in [2.75, 3.05) is 32.8 Å². The van der Waals surface area contributed by atoms with Gasteiger partial charge in [-0.2, -0.15) is 0 Å². The molecule has 0 aromatic heterocycles. The summed E-state index contributed by atoms with van der Waals surface area (Å²) in [6.45, 7) is 5.22. The van der Waals surface area contributed by atoms with E-state index >= 15 is 0 Å². The zero-order chi connectivity index (χ0) is 15.9. The van der Waals surface area contributed by atoms with E-state index in [9.17, 15) is 4.79 Å². The molecule has 0 radical (unpaired) electrons. The SMILES string of the molecule is O=C(NCC1=CCCCC1)c1ccc(CN2CCOCC2)cc1. The fourth-order valence-corrected chi connectivity index (χ4v) is 3.14. The molecule has 0 atom stereocenters. The maximum absolute atomic E-state index is 12.2. The maximum Gasteiger partial charge on any atom is 0.251 e. The lowest BCUT2D eigenvalue weighted by Gasteiger charge is -2.26. The van der Waals surface area contributed by atoms with E-state index in [1.165, 1.54) is 24.0 Å². The molecule has 0 saturated carbocycles. The van der Waals surface area contributed by atoms with Crippen molar-refractivity contribution in [3.63, 3.8) is 0 Å². The summed E-state index contributed by atoms with van der Waals surface area (Å²) in [7, 11) is 0. The number of carbonyl (C=O) groups is 1. The van der Waals surface area contributed by atoms with E-state index in [1.807, 2.05) is 12.1 Å². The van der Waals surface area contributed by atoms with Gasteiger partial charge in [0, 0.05) is 31.7 Å². The average molecular weight is 314 g/mol. The van der Waals surface area contributed by atoms with Crippen molar-refractivity contribution in [1.82, 2.24) is 10.2 Å². The summed E-state index contributed by atoms with van der Waals surface area (Å²) < 4.78 is 5.37. The molecule has 1 amide bonds. The molecule has 4 nitrogen and oxygen atoms in total. The lowest BCUT2D eigenvalue weighted by Crippen LogP contribution is -2.35. The van der Waals surface area contributed by atoms with Crippen molar-refractivity contribution in [3.8, 4) is 0 Å². The van der Waals surface area contributed by atoms with Crippen LogP contribution in [-0.2, 0) is 11.3 Å². The van der Waals surface area contributed by atoms with E-state index in [1.54, 1.807) is 0 Å². The molecule has 1 N–H and O–H groups in total. The van der Waals surface area contributed by atoms with E-state index in [0.29, 0.717) is 6.54 Å². The lowest BCUT2D eigenvalue weighted by molar-refractivity contribution is 0.0342. The summed E-state index contributed by atoms with van der Waals surface area (Å²) in [5.74, 6) is 0.0226. The predicted molar refractivity (Wildman–Crippen MR) is 91.4 cm³/mol. The second-order valence-corrected chi connectivity index (χ2v) is 6.38. The third kappa shape index (κ3) is 4.91. The van der Waals surface area contributed by atoms with Crippen LogP contribution in [0.5, 0.6) is 0 Å². The Morgan fingerprint density at radius 2 is 1.91 bits per heavy atom. The monoisotopic (exact) mass is 314 g/mol. The Kier molecular flexibility index (Phi) is 5.83. The van der Waals surface area contributed by atoms with Crippen LogP contribution in [0.25, 0.3) is 0 Å². The maximum atomic E-state index is 12.2. The third-order valence-electron chi connectivity index (χ3n) is 4.59. The average Bonchev–Trinajstić information content (AvgIpc) is 2.62. The van der Waals surface area contributed by atoms with Crippen molar-refractivity contribution in [1.29, 1.82) is 0 Å². The van der Waals surface area contributed by atoms with Gasteiger partial charge in [0.15, 0.2) is 0 Å². The van der Waals surface area contributed by atoms with Gasteiger partial charge in [-0.25, -0.2) is 0 Å². The molecule has 0 bridgehead atoms. The van der Waals surface area contributed by atoms with Crippen LogP contribution < -0.4 is 5.32 Å². The van der Waals surface area contributed by atoms with Crippen LogP contribution in [0.4, 0.5) is 0 Å². The minimum absolute atomic E-state index is 0.0226. The Balaban J connectivity index is 1.49. The Hall–Kier alpha value is -1.65. The van der Waals surface area contributed by atoms with Crippen LogP contribution in [0.1, 0.15) is 41.6 Å². The fourth-order valence-electron chi connectivity index (χ4n) is 3.14. The quantitative estimate of drug-likeness (QED) is 0.850.